The number of ether oxygens (including phenoxy) is 1. The van der Waals surface area contributed by atoms with Gasteiger partial charge < -0.3 is 14.6 Å². The molecular weight excluding hydrogens is 442 g/mol. The lowest BCUT2D eigenvalue weighted by atomic mass is 9.85. The van der Waals surface area contributed by atoms with Crippen LogP contribution in [0.2, 0.25) is 0 Å². The number of rotatable bonds is 10. The Kier molecular flexibility index (Phi) is 8.53. The lowest BCUT2D eigenvalue weighted by molar-refractivity contribution is -0.126. The quantitative estimate of drug-likeness (QED) is 0.522. The second-order valence-electron chi connectivity index (χ2n) is 8.75. The van der Waals surface area contributed by atoms with Gasteiger partial charge >= 0.3 is 0 Å². The standard InChI is InChI=1S/C24H35N3O5S/c1-5-6-15-31-22-9-7-20(8-10-22)16-25-24(28)17(2)21-11-13-27(14-12-21)33(29,30)23-18(3)26-32-19(23)4/h7-10,17,21H,5-6,11-16H2,1-4H3,(H,25,28)/t17-/m1/s1. The Bertz CT molecular complexity index is 1010. The van der Waals surface area contributed by atoms with Gasteiger partial charge in [-0.05, 0) is 56.7 Å². The number of carbonyl (C=O) groups is 1. The van der Waals surface area contributed by atoms with Crippen LogP contribution in [0.15, 0.2) is 33.7 Å². The zero-order valence-electron chi connectivity index (χ0n) is 20.0. The Morgan fingerprint density at radius 2 is 1.91 bits per heavy atom. The first-order chi connectivity index (χ1) is 15.7. The number of carbonyl (C=O) groups excluding carboxylic acids is 1. The summed E-state index contributed by atoms with van der Waals surface area (Å²) in [4.78, 5) is 12.9. The van der Waals surface area contributed by atoms with Crippen molar-refractivity contribution in [3.05, 3.63) is 41.3 Å². The molecule has 0 aliphatic carbocycles. The number of amides is 1. The molecule has 9 heteroatoms. The van der Waals surface area contributed by atoms with Crippen LogP contribution in [0.4, 0.5) is 0 Å². The van der Waals surface area contributed by atoms with Gasteiger partial charge in [0.15, 0.2) is 5.76 Å². The predicted molar refractivity (Wildman–Crippen MR) is 125 cm³/mol. The van der Waals surface area contributed by atoms with Crippen molar-refractivity contribution in [2.45, 2.75) is 64.8 Å². The number of nitrogens with zero attached hydrogens (tertiary/aromatic N) is 2. The van der Waals surface area contributed by atoms with E-state index < -0.39 is 10.0 Å². The highest BCUT2D eigenvalue weighted by Gasteiger charge is 2.36. The van der Waals surface area contributed by atoms with Crippen LogP contribution >= 0.6 is 0 Å². The number of unbranched alkanes of at least 4 members (excludes halogenated alkanes) is 1. The summed E-state index contributed by atoms with van der Waals surface area (Å²) in [6.45, 7) is 9.22. The molecule has 1 fully saturated rings. The Balaban J connectivity index is 1.48. The number of piperidine rings is 1. The van der Waals surface area contributed by atoms with E-state index in [0.717, 1.165) is 24.2 Å². The molecule has 0 spiro atoms. The Hall–Kier alpha value is -2.39. The molecule has 8 nitrogen and oxygen atoms in total. The summed E-state index contributed by atoms with van der Waals surface area (Å²) in [6.07, 6.45) is 3.40. The number of sulfonamides is 1. The van der Waals surface area contributed by atoms with Gasteiger partial charge in [-0.2, -0.15) is 4.31 Å². The van der Waals surface area contributed by atoms with Crippen LogP contribution in [0.5, 0.6) is 5.75 Å². The summed E-state index contributed by atoms with van der Waals surface area (Å²) in [5, 5.41) is 6.78. The zero-order valence-corrected chi connectivity index (χ0v) is 20.8. The second kappa shape index (κ2) is 11.2. The van der Waals surface area contributed by atoms with E-state index in [1.807, 2.05) is 31.2 Å². The van der Waals surface area contributed by atoms with Crippen molar-refractivity contribution in [2.24, 2.45) is 11.8 Å². The van der Waals surface area contributed by atoms with Gasteiger partial charge in [-0.15, -0.1) is 0 Å². The summed E-state index contributed by atoms with van der Waals surface area (Å²) < 4.78 is 38.2. The third-order valence-corrected chi connectivity index (χ3v) is 8.49. The molecule has 1 amide bonds. The Morgan fingerprint density at radius 1 is 1.24 bits per heavy atom. The maximum absolute atomic E-state index is 13.0. The average molecular weight is 478 g/mol. The van der Waals surface area contributed by atoms with E-state index in [1.54, 1.807) is 13.8 Å². The minimum atomic E-state index is -3.64. The molecule has 1 N–H and O–H groups in total. The topological polar surface area (TPSA) is 102 Å². The summed E-state index contributed by atoms with van der Waals surface area (Å²) >= 11 is 0. The van der Waals surface area contributed by atoms with E-state index in [1.165, 1.54) is 4.31 Å². The predicted octanol–water partition coefficient (Wildman–Crippen LogP) is 3.82. The number of hydrogen-bond acceptors (Lipinski definition) is 6. The van der Waals surface area contributed by atoms with E-state index >= 15 is 0 Å². The fraction of sp³-hybridized carbons (Fsp3) is 0.583. The van der Waals surface area contributed by atoms with E-state index in [9.17, 15) is 13.2 Å². The highest BCUT2D eigenvalue weighted by Crippen LogP contribution is 2.30. The molecule has 182 valence electrons. The largest absolute Gasteiger partial charge is 0.494 e. The van der Waals surface area contributed by atoms with Crippen LogP contribution < -0.4 is 10.1 Å². The average Bonchev–Trinajstić information content (AvgIpc) is 3.16. The lowest BCUT2D eigenvalue weighted by Crippen LogP contribution is -2.42. The minimum absolute atomic E-state index is 0.00898. The molecule has 1 aromatic heterocycles. The maximum atomic E-state index is 13.0. The van der Waals surface area contributed by atoms with Crippen molar-refractivity contribution < 1.29 is 22.5 Å². The van der Waals surface area contributed by atoms with Gasteiger partial charge in [-0.1, -0.05) is 37.6 Å². The first-order valence-electron chi connectivity index (χ1n) is 11.7. The normalized spacial score (nSPS) is 16.5. The molecule has 1 aromatic carbocycles. The Morgan fingerprint density at radius 3 is 2.48 bits per heavy atom. The first kappa shape index (κ1) is 25.2. The molecule has 1 aliphatic rings. The van der Waals surface area contributed by atoms with Gasteiger partial charge in [0.25, 0.3) is 0 Å². The van der Waals surface area contributed by atoms with Crippen LogP contribution in [0.3, 0.4) is 0 Å². The fourth-order valence-electron chi connectivity index (χ4n) is 4.19. The highest BCUT2D eigenvalue weighted by molar-refractivity contribution is 7.89. The van der Waals surface area contributed by atoms with Gasteiger partial charge in [0.2, 0.25) is 15.9 Å². The summed E-state index contributed by atoms with van der Waals surface area (Å²) in [7, 11) is -3.64. The third-order valence-electron chi connectivity index (χ3n) is 6.34. The van der Waals surface area contributed by atoms with E-state index in [0.29, 0.717) is 50.5 Å². The first-order valence-corrected chi connectivity index (χ1v) is 13.1. The fourth-order valence-corrected chi connectivity index (χ4v) is 5.95. The van der Waals surface area contributed by atoms with Gasteiger partial charge in [0, 0.05) is 25.6 Å². The SMILES string of the molecule is CCCCOc1ccc(CNC(=O)[C@H](C)C2CCN(S(=O)(=O)c3c(C)noc3C)CC2)cc1. The number of benzene rings is 1. The van der Waals surface area contributed by atoms with Crippen molar-refractivity contribution in [1.82, 2.24) is 14.8 Å². The van der Waals surface area contributed by atoms with Crippen LogP contribution in [0.1, 0.15) is 56.5 Å². The van der Waals surface area contributed by atoms with Gasteiger partial charge in [-0.3, -0.25) is 4.79 Å². The molecule has 3 rings (SSSR count). The van der Waals surface area contributed by atoms with Crippen LogP contribution in [-0.2, 0) is 21.4 Å². The lowest BCUT2D eigenvalue weighted by Gasteiger charge is -2.33. The van der Waals surface area contributed by atoms with Crippen LogP contribution in [-0.4, -0.2) is 43.5 Å². The molecular formula is C24H35N3O5S. The van der Waals surface area contributed by atoms with Crippen molar-refractivity contribution in [3.63, 3.8) is 0 Å². The molecule has 1 saturated heterocycles. The smallest absolute Gasteiger partial charge is 0.248 e. The van der Waals surface area contributed by atoms with E-state index in [2.05, 4.69) is 17.4 Å². The molecule has 0 radical (unpaired) electrons. The monoisotopic (exact) mass is 477 g/mol. The van der Waals surface area contributed by atoms with Gasteiger partial charge in [0.1, 0.15) is 16.3 Å². The third kappa shape index (κ3) is 6.14. The van der Waals surface area contributed by atoms with Crippen molar-refractivity contribution >= 4 is 15.9 Å². The summed E-state index contributed by atoms with van der Waals surface area (Å²) in [5.74, 6) is 1.08. The van der Waals surface area contributed by atoms with E-state index in [4.69, 9.17) is 9.26 Å². The Labute approximate surface area is 196 Å². The summed E-state index contributed by atoms with van der Waals surface area (Å²) in [6, 6.07) is 7.78. The number of hydrogen-bond donors (Lipinski definition) is 1. The number of aromatic nitrogens is 1. The van der Waals surface area contributed by atoms with Gasteiger partial charge in [-0.25, -0.2) is 8.42 Å². The molecule has 1 aliphatic heterocycles. The summed E-state index contributed by atoms with van der Waals surface area (Å²) in [5.41, 5.74) is 1.39. The molecule has 2 aromatic rings. The maximum Gasteiger partial charge on any atom is 0.248 e. The van der Waals surface area contributed by atoms with Crippen molar-refractivity contribution in [2.75, 3.05) is 19.7 Å². The number of nitrogens with one attached hydrogen (secondary N) is 1. The van der Waals surface area contributed by atoms with Crippen molar-refractivity contribution in [3.8, 4) is 5.75 Å². The molecule has 1 atom stereocenters. The van der Waals surface area contributed by atoms with Crippen LogP contribution in [0.25, 0.3) is 0 Å². The van der Waals surface area contributed by atoms with Crippen molar-refractivity contribution in [1.29, 1.82) is 0 Å². The highest BCUT2D eigenvalue weighted by atomic mass is 32.2. The molecule has 2 heterocycles. The van der Waals surface area contributed by atoms with E-state index in [-0.39, 0.29) is 22.6 Å². The number of aryl methyl sites for hydroxylation is 2. The molecule has 0 unspecified atom stereocenters. The molecule has 0 saturated carbocycles. The second-order valence-corrected chi connectivity index (χ2v) is 10.6. The molecule has 0 bridgehead atoms. The zero-order chi connectivity index (χ0) is 24.0. The van der Waals surface area contributed by atoms with Gasteiger partial charge in [0.05, 0.1) is 6.61 Å². The molecule has 33 heavy (non-hydrogen) atoms. The van der Waals surface area contributed by atoms with Crippen LogP contribution in [0, 0.1) is 25.7 Å². The minimum Gasteiger partial charge on any atom is -0.494 e.